The Labute approximate surface area is 180 Å². The Morgan fingerprint density at radius 3 is 2.41 bits per heavy atom. The van der Waals surface area contributed by atoms with Crippen LogP contribution in [-0.4, -0.2) is 39.4 Å². The van der Waals surface area contributed by atoms with Gasteiger partial charge in [0.2, 0.25) is 10.0 Å². The largest absolute Gasteiger partial charge is 0.497 e. The van der Waals surface area contributed by atoms with Crippen LogP contribution in [0, 0.1) is 5.92 Å². The molecule has 1 fully saturated rings. The van der Waals surface area contributed by atoms with E-state index in [2.05, 4.69) is 28.1 Å². The molecule has 0 aromatic heterocycles. The molecule has 0 atom stereocenters. The Morgan fingerprint density at radius 1 is 1.17 bits per heavy atom. The number of carbonyl (C=O) groups excluding carboxylic acids is 1. The van der Waals surface area contributed by atoms with Crippen LogP contribution in [0.25, 0.3) is 0 Å². The zero-order chi connectivity index (χ0) is 21.0. The number of benzene rings is 2. The van der Waals surface area contributed by atoms with Gasteiger partial charge in [-0.2, -0.15) is 0 Å². The number of ether oxygens (including phenoxy) is 1. The minimum atomic E-state index is -3.85. The summed E-state index contributed by atoms with van der Waals surface area (Å²) in [5.41, 5.74) is 1.61. The van der Waals surface area contributed by atoms with E-state index in [1.165, 1.54) is 17.7 Å². The predicted molar refractivity (Wildman–Crippen MR) is 115 cm³/mol. The molecule has 0 bridgehead atoms. The number of rotatable bonds is 6. The van der Waals surface area contributed by atoms with Gasteiger partial charge in [-0.05, 0) is 83.4 Å². The number of carbonyl (C=O) groups is 1. The molecule has 1 amide bonds. The van der Waals surface area contributed by atoms with Crippen molar-refractivity contribution in [2.75, 3.05) is 20.2 Å². The van der Waals surface area contributed by atoms with Crippen LogP contribution in [0.1, 0.15) is 35.2 Å². The second kappa shape index (κ2) is 9.28. The number of amides is 1. The second-order valence-corrected chi connectivity index (χ2v) is 9.72. The maximum absolute atomic E-state index is 12.9. The molecule has 1 saturated heterocycles. The molecule has 0 aliphatic carbocycles. The lowest BCUT2D eigenvalue weighted by molar-refractivity contribution is 0.0685. The number of hydrogen-bond donors (Lipinski definition) is 1. The van der Waals surface area contributed by atoms with E-state index in [-0.39, 0.29) is 10.8 Å². The first-order chi connectivity index (χ1) is 13.8. The number of likely N-dealkylation sites (tertiary alicyclic amines) is 1. The fraction of sp³-hybridized carbons (Fsp3) is 0.381. The van der Waals surface area contributed by atoms with Gasteiger partial charge in [0.1, 0.15) is 5.75 Å². The van der Waals surface area contributed by atoms with E-state index >= 15 is 0 Å². The highest BCUT2D eigenvalue weighted by Crippen LogP contribution is 2.27. The molecule has 1 heterocycles. The number of nitrogens with zero attached hydrogens (tertiary/aromatic N) is 1. The summed E-state index contributed by atoms with van der Waals surface area (Å²) in [5, 5.41) is 5.20. The summed E-state index contributed by atoms with van der Waals surface area (Å²) in [6.45, 7) is 1.33. The molecular formula is C21H25BrN2O4S. The van der Waals surface area contributed by atoms with Gasteiger partial charge < -0.3 is 9.64 Å². The molecule has 1 aliphatic rings. The summed E-state index contributed by atoms with van der Waals surface area (Å²) < 4.78 is 28.9. The van der Waals surface area contributed by atoms with Crippen molar-refractivity contribution >= 4 is 31.9 Å². The van der Waals surface area contributed by atoms with E-state index in [4.69, 9.17) is 9.88 Å². The standard InChI is InChI=1S/C21H25BrN2O4S/c1-28-17-6-4-15(5-7-17)2-3-16-10-12-24(13-11-16)21(25)19-14-18(29(23,26)27)8-9-20(19)22/h4-9,14,16H,2-3,10-13H2,1H3,(H2,23,26,27). The van der Waals surface area contributed by atoms with Crippen molar-refractivity contribution in [3.63, 3.8) is 0 Å². The topological polar surface area (TPSA) is 89.7 Å². The summed E-state index contributed by atoms with van der Waals surface area (Å²) in [7, 11) is -2.19. The number of primary sulfonamides is 1. The third-order valence-electron chi connectivity index (χ3n) is 5.40. The van der Waals surface area contributed by atoms with Crippen molar-refractivity contribution in [1.29, 1.82) is 0 Å². The normalized spacial score (nSPS) is 15.3. The Hall–Kier alpha value is -1.90. The average molecular weight is 481 g/mol. The third kappa shape index (κ3) is 5.58. The van der Waals surface area contributed by atoms with Gasteiger partial charge in [-0.3, -0.25) is 4.79 Å². The molecule has 3 rings (SSSR count). The average Bonchev–Trinajstić information content (AvgIpc) is 2.72. The molecule has 2 aromatic rings. The van der Waals surface area contributed by atoms with Crippen LogP contribution in [0.3, 0.4) is 0 Å². The first-order valence-electron chi connectivity index (χ1n) is 9.52. The Kier molecular flexibility index (Phi) is 6.97. The zero-order valence-corrected chi connectivity index (χ0v) is 18.7. The van der Waals surface area contributed by atoms with Gasteiger partial charge in [0.05, 0.1) is 17.6 Å². The molecule has 1 aliphatic heterocycles. The van der Waals surface area contributed by atoms with Gasteiger partial charge in [0, 0.05) is 17.6 Å². The van der Waals surface area contributed by atoms with Crippen LogP contribution in [0.2, 0.25) is 0 Å². The van der Waals surface area contributed by atoms with Gasteiger partial charge >= 0.3 is 0 Å². The Bertz CT molecular complexity index is 969. The molecule has 0 unspecified atom stereocenters. The molecule has 0 radical (unpaired) electrons. The van der Waals surface area contributed by atoms with Crippen LogP contribution in [0.15, 0.2) is 51.8 Å². The van der Waals surface area contributed by atoms with Gasteiger partial charge in [0.25, 0.3) is 5.91 Å². The number of piperidine rings is 1. The van der Waals surface area contributed by atoms with Gasteiger partial charge in [0.15, 0.2) is 0 Å². The Balaban J connectivity index is 1.57. The van der Waals surface area contributed by atoms with Crippen molar-refractivity contribution in [3.8, 4) is 5.75 Å². The van der Waals surface area contributed by atoms with Crippen molar-refractivity contribution < 1.29 is 17.9 Å². The van der Waals surface area contributed by atoms with Gasteiger partial charge in [-0.15, -0.1) is 0 Å². The quantitative estimate of drug-likeness (QED) is 0.683. The number of sulfonamides is 1. The van der Waals surface area contributed by atoms with E-state index in [1.807, 2.05) is 12.1 Å². The minimum Gasteiger partial charge on any atom is -0.497 e. The SMILES string of the molecule is COc1ccc(CCC2CCN(C(=O)c3cc(S(N)(=O)=O)ccc3Br)CC2)cc1. The second-order valence-electron chi connectivity index (χ2n) is 7.31. The predicted octanol–water partition coefficient (Wildman–Crippen LogP) is 3.59. The Morgan fingerprint density at radius 2 is 1.83 bits per heavy atom. The van der Waals surface area contributed by atoms with E-state index in [0.717, 1.165) is 31.4 Å². The van der Waals surface area contributed by atoms with Crippen LogP contribution in [-0.2, 0) is 16.4 Å². The summed E-state index contributed by atoms with van der Waals surface area (Å²) >= 11 is 3.35. The first kappa shape index (κ1) is 21.8. The van der Waals surface area contributed by atoms with Crippen molar-refractivity contribution in [2.45, 2.75) is 30.6 Å². The maximum Gasteiger partial charge on any atom is 0.255 e. The molecule has 6 nitrogen and oxygen atoms in total. The van der Waals surface area contributed by atoms with Crippen LogP contribution < -0.4 is 9.88 Å². The number of hydrogen-bond acceptors (Lipinski definition) is 4. The third-order valence-corrected chi connectivity index (χ3v) is 7.00. The summed E-state index contributed by atoms with van der Waals surface area (Å²) in [5.74, 6) is 1.26. The van der Waals surface area contributed by atoms with E-state index in [9.17, 15) is 13.2 Å². The fourth-order valence-electron chi connectivity index (χ4n) is 3.60. The molecule has 0 saturated carbocycles. The monoisotopic (exact) mass is 480 g/mol. The number of nitrogens with two attached hydrogens (primary N) is 1. The van der Waals surface area contributed by atoms with Crippen molar-refractivity contribution in [1.82, 2.24) is 4.90 Å². The highest BCUT2D eigenvalue weighted by Gasteiger charge is 2.25. The van der Waals surface area contributed by atoms with Crippen LogP contribution >= 0.6 is 15.9 Å². The molecule has 2 aromatic carbocycles. The molecular weight excluding hydrogens is 456 g/mol. The molecule has 2 N–H and O–H groups in total. The molecule has 8 heteroatoms. The summed E-state index contributed by atoms with van der Waals surface area (Å²) in [6, 6.07) is 12.4. The van der Waals surface area contributed by atoms with E-state index in [0.29, 0.717) is 29.0 Å². The lowest BCUT2D eigenvalue weighted by Gasteiger charge is -2.32. The highest BCUT2D eigenvalue weighted by atomic mass is 79.9. The molecule has 29 heavy (non-hydrogen) atoms. The number of methoxy groups -OCH3 is 1. The van der Waals surface area contributed by atoms with Crippen molar-refractivity contribution in [3.05, 3.63) is 58.1 Å². The van der Waals surface area contributed by atoms with Gasteiger partial charge in [-0.25, -0.2) is 13.6 Å². The molecule has 156 valence electrons. The minimum absolute atomic E-state index is 0.0570. The first-order valence-corrected chi connectivity index (χ1v) is 11.9. The van der Waals surface area contributed by atoms with Crippen molar-refractivity contribution in [2.24, 2.45) is 11.1 Å². The van der Waals surface area contributed by atoms with E-state index in [1.54, 1.807) is 18.1 Å². The highest BCUT2D eigenvalue weighted by molar-refractivity contribution is 9.10. The fourth-order valence-corrected chi connectivity index (χ4v) is 4.56. The van der Waals surface area contributed by atoms with E-state index < -0.39 is 10.0 Å². The summed E-state index contributed by atoms with van der Waals surface area (Å²) in [4.78, 5) is 14.6. The molecule has 0 spiro atoms. The number of halogens is 1. The smallest absolute Gasteiger partial charge is 0.255 e. The maximum atomic E-state index is 12.9. The zero-order valence-electron chi connectivity index (χ0n) is 16.3. The lowest BCUT2D eigenvalue weighted by atomic mass is 9.90. The lowest BCUT2D eigenvalue weighted by Crippen LogP contribution is -2.38. The van der Waals surface area contributed by atoms with Crippen LogP contribution in [0.5, 0.6) is 5.75 Å². The number of aryl methyl sites for hydroxylation is 1. The summed E-state index contributed by atoms with van der Waals surface area (Å²) in [6.07, 6.45) is 3.96. The van der Waals surface area contributed by atoms with Gasteiger partial charge in [-0.1, -0.05) is 12.1 Å². The van der Waals surface area contributed by atoms with Crippen LogP contribution in [0.4, 0.5) is 0 Å².